The van der Waals surface area contributed by atoms with E-state index in [9.17, 15) is 8.42 Å². The number of benzene rings is 1. The maximum absolute atomic E-state index is 12.7. The van der Waals surface area contributed by atoms with E-state index in [1.165, 1.54) is 0 Å². The molecule has 1 N–H and O–H groups in total. The number of hydrogen-bond donors (Lipinski definition) is 1. The molecule has 1 unspecified atom stereocenters. The van der Waals surface area contributed by atoms with Crippen LogP contribution in [0.15, 0.2) is 30.3 Å². The Morgan fingerprint density at radius 3 is 2.39 bits per heavy atom. The van der Waals surface area contributed by atoms with Gasteiger partial charge in [0.25, 0.3) is 0 Å². The molecule has 1 aliphatic rings. The molecule has 0 radical (unpaired) electrons. The molecule has 0 aromatic heterocycles. The minimum atomic E-state index is -3.08. The molecule has 1 saturated carbocycles. The van der Waals surface area contributed by atoms with Crippen LogP contribution in [0, 0.1) is 0 Å². The lowest BCUT2D eigenvalue weighted by atomic mass is 10.1. The van der Waals surface area contributed by atoms with Crippen molar-refractivity contribution in [2.75, 3.05) is 13.6 Å². The molecule has 1 aliphatic carbocycles. The van der Waals surface area contributed by atoms with Crippen LogP contribution in [0.1, 0.15) is 36.5 Å². The van der Waals surface area contributed by atoms with Crippen molar-refractivity contribution in [3.63, 3.8) is 0 Å². The van der Waals surface area contributed by atoms with Crippen LogP contribution in [0.2, 0.25) is 0 Å². The Bertz CT molecular complexity index is 464. The van der Waals surface area contributed by atoms with E-state index >= 15 is 0 Å². The average molecular weight is 267 g/mol. The number of sulfone groups is 1. The Morgan fingerprint density at radius 1 is 1.22 bits per heavy atom. The monoisotopic (exact) mass is 267 g/mol. The third-order valence-corrected chi connectivity index (χ3v) is 6.36. The summed E-state index contributed by atoms with van der Waals surface area (Å²) < 4.78 is 25.4. The molecule has 1 aromatic rings. The lowest BCUT2D eigenvalue weighted by Gasteiger charge is -2.21. The van der Waals surface area contributed by atoms with E-state index in [0.717, 1.165) is 31.2 Å². The topological polar surface area (TPSA) is 46.2 Å². The number of likely N-dealkylation sites (N-methyl/N-ethyl adjacent to an activating group) is 1. The Labute approximate surface area is 110 Å². The first-order chi connectivity index (χ1) is 8.66. The van der Waals surface area contributed by atoms with Crippen molar-refractivity contribution in [1.82, 2.24) is 5.32 Å². The summed E-state index contributed by atoms with van der Waals surface area (Å²) in [6, 6.07) is 9.55. The smallest absolute Gasteiger partial charge is 0.161 e. The predicted octanol–water partition coefficient (Wildman–Crippen LogP) is 2.30. The summed E-state index contributed by atoms with van der Waals surface area (Å²) in [4.78, 5) is 0. The molecule has 0 bridgehead atoms. The van der Waals surface area contributed by atoms with Gasteiger partial charge in [0.15, 0.2) is 9.84 Å². The maximum atomic E-state index is 12.7. The van der Waals surface area contributed by atoms with Crippen LogP contribution in [0.5, 0.6) is 0 Å². The molecule has 1 fully saturated rings. The van der Waals surface area contributed by atoms with Gasteiger partial charge in [-0.25, -0.2) is 8.42 Å². The van der Waals surface area contributed by atoms with Crippen molar-refractivity contribution >= 4 is 9.84 Å². The van der Waals surface area contributed by atoms with Crippen LogP contribution in [-0.4, -0.2) is 27.3 Å². The zero-order valence-corrected chi connectivity index (χ0v) is 11.6. The molecule has 4 heteroatoms. The molecule has 18 heavy (non-hydrogen) atoms. The first-order valence-electron chi connectivity index (χ1n) is 6.58. The van der Waals surface area contributed by atoms with Gasteiger partial charge in [0.1, 0.15) is 0 Å². The van der Waals surface area contributed by atoms with Gasteiger partial charge in [0.05, 0.1) is 10.5 Å². The van der Waals surface area contributed by atoms with Gasteiger partial charge in [-0.1, -0.05) is 43.2 Å². The Morgan fingerprint density at radius 2 is 1.83 bits per heavy atom. The third kappa shape index (κ3) is 2.75. The molecule has 1 aromatic carbocycles. The van der Waals surface area contributed by atoms with E-state index in [-0.39, 0.29) is 5.25 Å². The van der Waals surface area contributed by atoms with E-state index in [2.05, 4.69) is 5.32 Å². The minimum absolute atomic E-state index is 0.143. The molecule has 2 rings (SSSR count). The number of hydrogen-bond acceptors (Lipinski definition) is 3. The van der Waals surface area contributed by atoms with E-state index < -0.39 is 15.1 Å². The Kier molecular flexibility index (Phi) is 4.40. The predicted molar refractivity (Wildman–Crippen MR) is 74.3 cm³/mol. The highest BCUT2D eigenvalue weighted by Gasteiger charge is 2.36. The van der Waals surface area contributed by atoms with Gasteiger partial charge in [-0.15, -0.1) is 0 Å². The summed E-state index contributed by atoms with van der Waals surface area (Å²) in [5.74, 6) is 0. The fraction of sp³-hybridized carbons (Fsp3) is 0.571. The highest BCUT2D eigenvalue weighted by molar-refractivity contribution is 7.92. The van der Waals surface area contributed by atoms with Gasteiger partial charge >= 0.3 is 0 Å². The Balaban J connectivity index is 2.29. The highest BCUT2D eigenvalue weighted by Crippen LogP contribution is 2.33. The van der Waals surface area contributed by atoms with Crippen molar-refractivity contribution in [3.05, 3.63) is 35.9 Å². The van der Waals surface area contributed by atoms with Crippen molar-refractivity contribution in [3.8, 4) is 0 Å². The van der Waals surface area contributed by atoms with Crippen LogP contribution in [0.4, 0.5) is 0 Å². The lowest BCUT2D eigenvalue weighted by molar-refractivity contribution is 0.560. The van der Waals surface area contributed by atoms with Gasteiger partial charge in [0, 0.05) is 6.54 Å². The summed E-state index contributed by atoms with van der Waals surface area (Å²) in [5.41, 5.74) is 0.902. The fourth-order valence-corrected chi connectivity index (χ4v) is 5.12. The summed E-state index contributed by atoms with van der Waals surface area (Å²) in [6.45, 7) is 0.489. The molecule has 0 aliphatic heterocycles. The summed E-state index contributed by atoms with van der Waals surface area (Å²) in [6.07, 6.45) is 3.75. The SMILES string of the molecule is CNCC(c1ccccc1)S(=O)(=O)C1CCCC1. The molecular formula is C14H21NO2S. The van der Waals surface area contributed by atoms with Crippen molar-refractivity contribution in [2.45, 2.75) is 36.2 Å². The van der Waals surface area contributed by atoms with E-state index in [1.807, 2.05) is 30.3 Å². The second kappa shape index (κ2) is 5.85. The van der Waals surface area contributed by atoms with E-state index in [0.29, 0.717) is 6.54 Å². The van der Waals surface area contributed by atoms with Gasteiger partial charge < -0.3 is 5.32 Å². The zero-order chi connectivity index (χ0) is 13.0. The normalized spacial score (nSPS) is 18.9. The molecule has 0 saturated heterocycles. The molecule has 0 spiro atoms. The molecular weight excluding hydrogens is 246 g/mol. The lowest BCUT2D eigenvalue weighted by Crippen LogP contribution is -2.31. The molecule has 1 atom stereocenters. The molecule has 3 nitrogen and oxygen atoms in total. The first-order valence-corrected chi connectivity index (χ1v) is 8.19. The summed E-state index contributed by atoms with van der Waals surface area (Å²) in [7, 11) is -1.27. The highest BCUT2D eigenvalue weighted by atomic mass is 32.2. The van der Waals surface area contributed by atoms with Crippen molar-refractivity contribution < 1.29 is 8.42 Å². The molecule has 0 amide bonds. The van der Waals surface area contributed by atoms with Gasteiger partial charge in [-0.05, 0) is 25.5 Å². The van der Waals surface area contributed by atoms with Crippen LogP contribution < -0.4 is 5.32 Å². The summed E-state index contributed by atoms with van der Waals surface area (Å²) >= 11 is 0. The van der Waals surface area contributed by atoms with Gasteiger partial charge in [-0.2, -0.15) is 0 Å². The van der Waals surface area contributed by atoms with Gasteiger partial charge in [0.2, 0.25) is 0 Å². The van der Waals surface area contributed by atoms with E-state index in [1.54, 1.807) is 7.05 Å². The van der Waals surface area contributed by atoms with Crippen molar-refractivity contribution in [2.24, 2.45) is 0 Å². The first kappa shape index (κ1) is 13.6. The van der Waals surface area contributed by atoms with Gasteiger partial charge in [-0.3, -0.25) is 0 Å². The zero-order valence-electron chi connectivity index (χ0n) is 10.8. The van der Waals surface area contributed by atoms with Crippen LogP contribution in [0.3, 0.4) is 0 Å². The average Bonchev–Trinajstić information content (AvgIpc) is 2.91. The number of nitrogens with one attached hydrogen (secondary N) is 1. The van der Waals surface area contributed by atoms with E-state index in [4.69, 9.17) is 0 Å². The van der Waals surface area contributed by atoms with Crippen LogP contribution in [0.25, 0.3) is 0 Å². The number of rotatable bonds is 5. The molecule has 100 valence electrons. The minimum Gasteiger partial charge on any atom is -0.318 e. The Hall–Kier alpha value is -0.870. The maximum Gasteiger partial charge on any atom is 0.161 e. The standard InChI is InChI=1S/C14H21NO2S/c1-15-11-14(12-7-3-2-4-8-12)18(16,17)13-9-5-6-10-13/h2-4,7-8,13-15H,5-6,9-11H2,1H3. The summed E-state index contributed by atoms with van der Waals surface area (Å²) in [5, 5.41) is 2.46. The van der Waals surface area contributed by atoms with Crippen LogP contribution >= 0.6 is 0 Å². The largest absolute Gasteiger partial charge is 0.318 e. The van der Waals surface area contributed by atoms with Crippen LogP contribution in [-0.2, 0) is 9.84 Å². The molecule has 0 heterocycles. The quantitative estimate of drug-likeness (QED) is 0.890. The van der Waals surface area contributed by atoms with Crippen molar-refractivity contribution in [1.29, 1.82) is 0 Å². The fourth-order valence-electron chi connectivity index (χ4n) is 2.73. The second-order valence-corrected chi connectivity index (χ2v) is 7.37. The third-order valence-electron chi connectivity index (χ3n) is 3.72. The second-order valence-electron chi connectivity index (χ2n) is 4.95.